The van der Waals surface area contributed by atoms with Gasteiger partial charge in [0.2, 0.25) is 5.91 Å². The molecule has 1 heterocycles. The van der Waals surface area contributed by atoms with Crippen molar-refractivity contribution >= 4 is 12.0 Å². The second-order valence-corrected chi connectivity index (χ2v) is 4.82. The van der Waals surface area contributed by atoms with Crippen molar-refractivity contribution in [3.8, 4) is 0 Å². The zero-order valence-electron chi connectivity index (χ0n) is 12.0. The van der Waals surface area contributed by atoms with Crippen LogP contribution in [0.1, 0.15) is 24.1 Å². The molecule has 1 atom stereocenters. The fourth-order valence-corrected chi connectivity index (χ4v) is 1.96. The van der Waals surface area contributed by atoms with E-state index in [2.05, 4.69) is 5.10 Å². The highest BCUT2D eigenvalue weighted by Gasteiger charge is 2.14. The molecule has 0 unspecified atom stereocenters. The van der Waals surface area contributed by atoms with Gasteiger partial charge in [-0.25, -0.2) is 0 Å². The first kappa shape index (κ1) is 14.1. The standard InChI is InChI=1S/C16H19N3O/c1-13(15-7-5-4-6-8-15)19(3)16(20)10-9-14-11-17-18(2)12-14/h4-13H,1-3H3/b10-9+/t13-/m1/s1. The van der Waals surface area contributed by atoms with Crippen molar-refractivity contribution in [2.45, 2.75) is 13.0 Å². The van der Waals surface area contributed by atoms with E-state index in [9.17, 15) is 4.79 Å². The summed E-state index contributed by atoms with van der Waals surface area (Å²) in [5.74, 6) is -0.0230. The number of nitrogens with zero attached hydrogens (tertiary/aromatic N) is 3. The van der Waals surface area contributed by atoms with Gasteiger partial charge < -0.3 is 4.90 Å². The number of amides is 1. The van der Waals surface area contributed by atoms with Gasteiger partial charge in [-0.15, -0.1) is 0 Å². The van der Waals surface area contributed by atoms with Gasteiger partial charge >= 0.3 is 0 Å². The Morgan fingerprint density at radius 3 is 2.65 bits per heavy atom. The number of likely N-dealkylation sites (N-methyl/N-ethyl adjacent to an activating group) is 1. The van der Waals surface area contributed by atoms with E-state index in [1.807, 2.05) is 57.5 Å². The van der Waals surface area contributed by atoms with E-state index in [-0.39, 0.29) is 11.9 Å². The third-order valence-electron chi connectivity index (χ3n) is 3.35. The third kappa shape index (κ3) is 3.35. The lowest BCUT2D eigenvalue weighted by Crippen LogP contribution is -2.27. The van der Waals surface area contributed by atoms with Gasteiger partial charge in [-0.1, -0.05) is 30.3 Å². The lowest BCUT2D eigenvalue weighted by atomic mass is 10.1. The highest BCUT2D eigenvalue weighted by molar-refractivity contribution is 5.91. The van der Waals surface area contributed by atoms with Crippen molar-refractivity contribution in [3.05, 3.63) is 59.9 Å². The van der Waals surface area contributed by atoms with Crippen LogP contribution in [-0.4, -0.2) is 27.6 Å². The van der Waals surface area contributed by atoms with Crippen LogP contribution in [0.4, 0.5) is 0 Å². The summed E-state index contributed by atoms with van der Waals surface area (Å²) in [6.07, 6.45) is 6.95. The van der Waals surface area contributed by atoms with Crippen LogP contribution in [0.5, 0.6) is 0 Å². The van der Waals surface area contributed by atoms with Crippen molar-refractivity contribution in [3.63, 3.8) is 0 Å². The fraction of sp³-hybridized carbons (Fsp3) is 0.250. The predicted molar refractivity (Wildman–Crippen MR) is 79.9 cm³/mol. The van der Waals surface area contributed by atoms with E-state index in [1.54, 1.807) is 27.9 Å². The summed E-state index contributed by atoms with van der Waals surface area (Å²) in [5, 5.41) is 4.06. The number of benzene rings is 1. The number of rotatable bonds is 4. The molecular weight excluding hydrogens is 250 g/mol. The molecular formula is C16H19N3O. The van der Waals surface area contributed by atoms with E-state index < -0.39 is 0 Å². The zero-order valence-corrected chi connectivity index (χ0v) is 12.0. The maximum atomic E-state index is 12.1. The van der Waals surface area contributed by atoms with Crippen molar-refractivity contribution in [2.75, 3.05) is 7.05 Å². The predicted octanol–water partition coefficient (Wildman–Crippen LogP) is 2.65. The Morgan fingerprint density at radius 1 is 1.35 bits per heavy atom. The van der Waals surface area contributed by atoms with E-state index in [1.165, 1.54) is 0 Å². The molecule has 0 aliphatic heterocycles. The second kappa shape index (κ2) is 6.19. The molecule has 0 saturated heterocycles. The van der Waals surface area contributed by atoms with Gasteiger partial charge in [-0.05, 0) is 18.6 Å². The molecule has 2 aromatic rings. The maximum absolute atomic E-state index is 12.1. The smallest absolute Gasteiger partial charge is 0.246 e. The summed E-state index contributed by atoms with van der Waals surface area (Å²) < 4.78 is 1.71. The molecule has 0 bridgehead atoms. The van der Waals surface area contributed by atoms with Crippen LogP contribution in [0.25, 0.3) is 6.08 Å². The van der Waals surface area contributed by atoms with Gasteiger partial charge in [-0.3, -0.25) is 9.48 Å². The first-order valence-corrected chi connectivity index (χ1v) is 6.56. The quantitative estimate of drug-likeness (QED) is 0.800. The molecule has 20 heavy (non-hydrogen) atoms. The van der Waals surface area contributed by atoms with E-state index in [4.69, 9.17) is 0 Å². The minimum Gasteiger partial charge on any atom is -0.335 e. The molecule has 0 aliphatic rings. The van der Waals surface area contributed by atoms with Crippen LogP contribution < -0.4 is 0 Å². The highest BCUT2D eigenvalue weighted by atomic mass is 16.2. The molecule has 1 aromatic carbocycles. The highest BCUT2D eigenvalue weighted by Crippen LogP contribution is 2.18. The molecule has 0 aliphatic carbocycles. The van der Waals surface area contributed by atoms with Crippen molar-refractivity contribution < 1.29 is 4.79 Å². The topological polar surface area (TPSA) is 38.1 Å². The van der Waals surface area contributed by atoms with Crippen molar-refractivity contribution in [1.29, 1.82) is 0 Å². The fourth-order valence-electron chi connectivity index (χ4n) is 1.96. The number of hydrogen-bond acceptors (Lipinski definition) is 2. The van der Waals surface area contributed by atoms with Crippen molar-refractivity contribution in [2.24, 2.45) is 7.05 Å². The van der Waals surface area contributed by atoms with Gasteiger partial charge in [0.1, 0.15) is 0 Å². The summed E-state index contributed by atoms with van der Waals surface area (Å²) in [7, 11) is 3.66. The molecule has 1 amide bonds. The van der Waals surface area contributed by atoms with Crippen LogP contribution in [0.2, 0.25) is 0 Å². The van der Waals surface area contributed by atoms with Crippen molar-refractivity contribution in [1.82, 2.24) is 14.7 Å². The number of hydrogen-bond donors (Lipinski definition) is 0. The number of aromatic nitrogens is 2. The van der Waals surface area contributed by atoms with Crippen LogP contribution in [-0.2, 0) is 11.8 Å². The summed E-state index contributed by atoms with van der Waals surface area (Å²) >= 11 is 0. The van der Waals surface area contributed by atoms with Gasteiger partial charge in [0.25, 0.3) is 0 Å². The van der Waals surface area contributed by atoms with Crippen LogP contribution >= 0.6 is 0 Å². The summed E-state index contributed by atoms with van der Waals surface area (Å²) in [5.41, 5.74) is 2.04. The van der Waals surface area contributed by atoms with Gasteiger partial charge in [0.05, 0.1) is 12.2 Å². The molecule has 0 fully saturated rings. The lowest BCUT2D eigenvalue weighted by molar-refractivity contribution is -0.126. The second-order valence-electron chi connectivity index (χ2n) is 4.82. The summed E-state index contributed by atoms with van der Waals surface area (Å²) in [6, 6.07) is 10.0. The molecule has 0 saturated carbocycles. The average molecular weight is 269 g/mol. The molecule has 1 aromatic heterocycles. The van der Waals surface area contributed by atoms with Gasteiger partial charge in [0.15, 0.2) is 0 Å². The minimum absolute atomic E-state index is 0.0230. The maximum Gasteiger partial charge on any atom is 0.246 e. The molecule has 2 rings (SSSR count). The number of aryl methyl sites for hydroxylation is 1. The Kier molecular flexibility index (Phi) is 4.35. The first-order chi connectivity index (χ1) is 9.58. The first-order valence-electron chi connectivity index (χ1n) is 6.56. The molecule has 104 valence electrons. The van der Waals surface area contributed by atoms with Gasteiger partial charge in [-0.2, -0.15) is 5.10 Å². The molecule has 4 nitrogen and oxygen atoms in total. The Bertz CT molecular complexity index is 601. The minimum atomic E-state index is -0.0230. The Labute approximate surface area is 119 Å². The SMILES string of the molecule is C[C@H](c1ccccc1)N(C)C(=O)/C=C/c1cnn(C)c1. The molecule has 0 spiro atoms. The summed E-state index contributed by atoms with van der Waals surface area (Å²) in [4.78, 5) is 13.9. The molecule has 0 N–H and O–H groups in total. The third-order valence-corrected chi connectivity index (χ3v) is 3.35. The van der Waals surface area contributed by atoms with Crippen LogP contribution in [0, 0.1) is 0 Å². The Morgan fingerprint density at radius 2 is 2.05 bits per heavy atom. The van der Waals surface area contributed by atoms with E-state index in [0.717, 1.165) is 11.1 Å². The van der Waals surface area contributed by atoms with Crippen LogP contribution in [0.15, 0.2) is 48.8 Å². The van der Waals surface area contributed by atoms with Gasteiger partial charge in [0, 0.05) is 31.9 Å². The summed E-state index contributed by atoms with van der Waals surface area (Å²) in [6.45, 7) is 2.02. The van der Waals surface area contributed by atoms with Crippen LogP contribution in [0.3, 0.4) is 0 Å². The Hall–Kier alpha value is -2.36. The average Bonchev–Trinajstić information content (AvgIpc) is 2.89. The zero-order chi connectivity index (χ0) is 14.5. The largest absolute Gasteiger partial charge is 0.335 e. The Balaban J connectivity index is 2.03. The normalized spacial score (nSPS) is 12.6. The number of carbonyl (C=O) groups excluding carboxylic acids is 1. The lowest BCUT2D eigenvalue weighted by Gasteiger charge is -2.24. The number of carbonyl (C=O) groups is 1. The van der Waals surface area contributed by atoms with E-state index >= 15 is 0 Å². The molecule has 4 heteroatoms. The van der Waals surface area contributed by atoms with E-state index in [0.29, 0.717) is 0 Å². The monoisotopic (exact) mass is 269 g/mol. The molecule has 0 radical (unpaired) electrons.